The van der Waals surface area contributed by atoms with Gasteiger partial charge in [-0.25, -0.2) is 9.78 Å². The zero-order chi connectivity index (χ0) is 13.4. The van der Waals surface area contributed by atoms with Crippen LogP contribution in [0.3, 0.4) is 0 Å². The van der Waals surface area contributed by atoms with Gasteiger partial charge in [0.15, 0.2) is 5.69 Å². The van der Waals surface area contributed by atoms with Gasteiger partial charge >= 0.3 is 5.97 Å². The summed E-state index contributed by atoms with van der Waals surface area (Å²) >= 11 is 0. The van der Waals surface area contributed by atoms with Crippen LogP contribution in [0.15, 0.2) is 19.0 Å². The number of carbonyl (C=O) groups excluding carboxylic acids is 1. The summed E-state index contributed by atoms with van der Waals surface area (Å²) in [5, 5.41) is 0. The van der Waals surface area contributed by atoms with E-state index in [9.17, 15) is 4.79 Å². The molecule has 1 aromatic heterocycles. The molecule has 6 heteroatoms. The molecule has 0 amide bonds. The van der Waals surface area contributed by atoms with E-state index in [1.807, 2.05) is 0 Å². The van der Waals surface area contributed by atoms with Gasteiger partial charge in [-0.15, -0.1) is 6.58 Å². The van der Waals surface area contributed by atoms with Gasteiger partial charge in [0.1, 0.15) is 5.82 Å². The van der Waals surface area contributed by atoms with Gasteiger partial charge in [-0.1, -0.05) is 6.08 Å². The Hall–Kier alpha value is -1.82. The third kappa shape index (κ3) is 3.89. The zero-order valence-electron chi connectivity index (χ0n) is 10.6. The van der Waals surface area contributed by atoms with Gasteiger partial charge in [0, 0.05) is 6.54 Å². The van der Waals surface area contributed by atoms with Crippen LogP contribution in [0.2, 0.25) is 0 Å². The summed E-state index contributed by atoms with van der Waals surface area (Å²) in [5.74, 6) is -0.193. The smallest absolute Gasteiger partial charge is 0.360 e. The first kappa shape index (κ1) is 14.2. The normalized spacial score (nSPS) is 10.3. The van der Waals surface area contributed by atoms with Crippen molar-refractivity contribution in [2.24, 2.45) is 0 Å². The number of nitrogens with zero attached hydrogens (tertiary/aromatic N) is 2. The third-order valence-electron chi connectivity index (χ3n) is 2.29. The molecule has 18 heavy (non-hydrogen) atoms. The number of aromatic nitrogens is 2. The molecule has 0 saturated heterocycles. The molecular formula is C12H19N3O3. The van der Waals surface area contributed by atoms with Crippen LogP contribution in [0.4, 0.5) is 5.82 Å². The van der Waals surface area contributed by atoms with E-state index in [1.165, 1.54) is 6.33 Å². The maximum atomic E-state index is 11.5. The van der Waals surface area contributed by atoms with Crippen LogP contribution in [0.1, 0.15) is 23.8 Å². The van der Waals surface area contributed by atoms with Gasteiger partial charge in [-0.05, 0) is 13.3 Å². The van der Waals surface area contributed by atoms with Gasteiger partial charge in [0.25, 0.3) is 0 Å². The van der Waals surface area contributed by atoms with Crippen molar-refractivity contribution in [1.29, 1.82) is 0 Å². The maximum Gasteiger partial charge on any atom is 0.360 e. The topological polar surface area (TPSA) is 79.4 Å². The lowest BCUT2D eigenvalue weighted by molar-refractivity contribution is 0.0521. The first-order chi connectivity index (χ1) is 8.70. The Morgan fingerprint density at radius 3 is 3.06 bits per heavy atom. The molecule has 0 spiro atoms. The average Bonchev–Trinajstić information content (AvgIpc) is 2.71. The molecule has 1 aromatic rings. The summed E-state index contributed by atoms with van der Waals surface area (Å²) in [5.41, 5.74) is 5.96. The van der Waals surface area contributed by atoms with Crippen molar-refractivity contribution >= 4 is 11.8 Å². The van der Waals surface area contributed by atoms with E-state index in [0.29, 0.717) is 32.2 Å². The summed E-state index contributed by atoms with van der Waals surface area (Å²) in [6.45, 7) is 7.33. The second-order valence-corrected chi connectivity index (χ2v) is 3.58. The highest BCUT2D eigenvalue weighted by Crippen LogP contribution is 2.11. The lowest BCUT2D eigenvalue weighted by Crippen LogP contribution is -2.12. The minimum atomic E-state index is -0.499. The lowest BCUT2D eigenvalue weighted by atomic mass is 10.4. The monoisotopic (exact) mass is 253 g/mol. The molecule has 2 N–H and O–H groups in total. The molecule has 0 bridgehead atoms. The molecule has 0 unspecified atom stereocenters. The Kier molecular flexibility index (Phi) is 5.93. The highest BCUT2D eigenvalue weighted by molar-refractivity contribution is 5.92. The summed E-state index contributed by atoms with van der Waals surface area (Å²) in [4.78, 5) is 15.4. The number of esters is 1. The quantitative estimate of drug-likeness (QED) is 0.428. The van der Waals surface area contributed by atoms with Crippen LogP contribution in [0.5, 0.6) is 0 Å². The Balaban J connectivity index is 2.47. The fourth-order valence-electron chi connectivity index (χ4n) is 1.36. The second kappa shape index (κ2) is 7.50. The number of nitrogen functional groups attached to an aromatic ring is 1. The number of rotatable bonds is 8. The van der Waals surface area contributed by atoms with Gasteiger partial charge < -0.3 is 19.8 Å². The van der Waals surface area contributed by atoms with Crippen molar-refractivity contribution in [3.63, 3.8) is 0 Å². The van der Waals surface area contributed by atoms with E-state index in [-0.39, 0.29) is 5.69 Å². The van der Waals surface area contributed by atoms with E-state index in [1.54, 1.807) is 17.6 Å². The number of anilines is 1. The molecule has 0 radical (unpaired) electrons. The van der Waals surface area contributed by atoms with Crippen LogP contribution in [0.25, 0.3) is 0 Å². The molecule has 100 valence electrons. The van der Waals surface area contributed by atoms with Crippen molar-refractivity contribution in [3.8, 4) is 0 Å². The molecule has 0 fully saturated rings. The summed E-state index contributed by atoms with van der Waals surface area (Å²) in [7, 11) is 0. The van der Waals surface area contributed by atoms with Crippen LogP contribution in [-0.4, -0.2) is 35.3 Å². The highest BCUT2D eigenvalue weighted by atomic mass is 16.5. The minimum Gasteiger partial charge on any atom is -0.461 e. The Labute approximate surface area is 106 Å². The van der Waals surface area contributed by atoms with E-state index in [2.05, 4.69) is 11.6 Å². The molecule has 0 aliphatic carbocycles. The van der Waals surface area contributed by atoms with Crippen molar-refractivity contribution in [2.75, 3.05) is 25.6 Å². The van der Waals surface area contributed by atoms with Gasteiger partial charge in [0.05, 0.1) is 26.1 Å². The molecule has 1 heterocycles. The summed E-state index contributed by atoms with van der Waals surface area (Å²) in [6, 6.07) is 0. The highest BCUT2D eigenvalue weighted by Gasteiger charge is 2.16. The van der Waals surface area contributed by atoms with Gasteiger partial charge in [-0.3, -0.25) is 0 Å². The lowest BCUT2D eigenvalue weighted by Gasteiger charge is -2.06. The Morgan fingerprint density at radius 2 is 2.39 bits per heavy atom. The van der Waals surface area contributed by atoms with Crippen molar-refractivity contribution in [3.05, 3.63) is 24.7 Å². The first-order valence-corrected chi connectivity index (χ1v) is 5.87. The first-order valence-electron chi connectivity index (χ1n) is 5.87. The number of nitrogens with two attached hydrogens (primary N) is 1. The van der Waals surface area contributed by atoms with Gasteiger partial charge in [0.2, 0.25) is 0 Å². The standard InChI is InChI=1S/C12H19N3O3/c1-3-5-7-17-8-6-15-9-14-10(11(15)13)12(16)18-4-2/h3,9H,1,4-8,13H2,2H3. The fraction of sp³-hybridized carbons (Fsp3) is 0.500. The van der Waals surface area contributed by atoms with Crippen molar-refractivity contribution in [2.45, 2.75) is 19.9 Å². The van der Waals surface area contributed by atoms with Gasteiger partial charge in [-0.2, -0.15) is 0 Å². The Morgan fingerprint density at radius 1 is 1.61 bits per heavy atom. The van der Waals surface area contributed by atoms with Crippen LogP contribution < -0.4 is 5.73 Å². The molecule has 0 atom stereocenters. The number of imidazole rings is 1. The van der Waals surface area contributed by atoms with E-state index < -0.39 is 5.97 Å². The Bertz CT molecular complexity index is 401. The fourth-order valence-corrected chi connectivity index (χ4v) is 1.36. The molecule has 1 rings (SSSR count). The zero-order valence-corrected chi connectivity index (χ0v) is 10.6. The predicted octanol–water partition coefficient (Wildman–Crippen LogP) is 1.23. The second-order valence-electron chi connectivity index (χ2n) is 3.58. The van der Waals surface area contributed by atoms with Crippen LogP contribution >= 0.6 is 0 Å². The molecule has 0 aliphatic rings. The van der Waals surface area contributed by atoms with Crippen molar-refractivity contribution < 1.29 is 14.3 Å². The molecule has 0 saturated carbocycles. The number of carbonyl (C=O) groups is 1. The molecule has 0 aromatic carbocycles. The summed E-state index contributed by atoms with van der Waals surface area (Å²) < 4.78 is 11.9. The number of ether oxygens (including phenoxy) is 2. The average molecular weight is 253 g/mol. The third-order valence-corrected chi connectivity index (χ3v) is 2.29. The SMILES string of the molecule is C=CCCOCCn1cnc(C(=O)OCC)c1N. The molecule has 0 aliphatic heterocycles. The van der Waals surface area contributed by atoms with Crippen LogP contribution in [0, 0.1) is 0 Å². The largest absolute Gasteiger partial charge is 0.461 e. The molecule has 6 nitrogen and oxygen atoms in total. The maximum absolute atomic E-state index is 11.5. The predicted molar refractivity (Wildman–Crippen MR) is 68.2 cm³/mol. The minimum absolute atomic E-state index is 0.156. The molecular weight excluding hydrogens is 234 g/mol. The number of hydrogen-bond donors (Lipinski definition) is 1. The number of hydrogen-bond acceptors (Lipinski definition) is 5. The summed E-state index contributed by atoms with van der Waals surface area (Å²) in [6.07, 6.45) is 4.12. The van der Waals surface area contributed by atoms with E-state index >= 15 is 0 Å². The van der Waals surface area contributed by atoms with E-state index in [0.717, 1.165) is 6.42 Å². The van der Waals surface area contributed by atoms with E-state index in [4.69, 9.17) is 15.2 Å². The van der Waals surface area contributed by atoms with Crippen LogP contribution in [-0.2, 0) is 16.0 Å². The van der Waals surface area contributed by atoms with Crippen molar-refractivity contribution in [1.82, 2.24) is 9.55 Å².